The third-order valence-electron chi connectivity index (χ3n) is 4.79. The Morgan fingerprint density at radius 2 is 1.95 bits per heavy atom. The van der Waals surface area contributed by atoms with E-state index in [1.165, 1.54) is 25.7 Å². The first-order valence-electron chi connectivity index (χ1n) is 7.84. The highest BCUT2D eigenvalue weighted by Crippen LogP contribution is 2.26. The molecule has 6 nitrogen and oxygen atoms in total. The Labute approximate surface area is 125 Å². The van der Waals surface area contributed by atoms with Crippen LogP contribution in [-0.4, -0.2) is 62.6 Å². The lowest BCUT2D eigenvalue weighted by molar-refractivity contribution is -0.144. The summed E-state index contributed by atoms with van der Waals surface area (Å²) >= 11 is 0. The van der Waals surface area contributed by atoms with Crippen LogP contribution in [0.5, 0.6) is 0 Å². The molecule has 0 bridgehead atoms. The van der Waals surface area contributed by atoms with Gasteiger partial charge >= 0.3 is 5.97 Å². The van der Waals surface area contributed by atoms with Gasteiger partial charge in [-0.2, -0.15) is 0 Å². The minimum absolute atomic E-state index is 0.614. The molecule has 1 aliphatic heterocycles. The van der Waals surface area contributed by atoms with E-state index in [4.69, 9.17) is 0 Å². The van der Waals surface area contributed by atoms with E-state index in [0.29, 0.717) is 5.69 Å². The Morgan fingerprint density at radius 3 is 2.48 bits per heavy atom. The van der Waals surface area contributed by atoms with Crippen molar-refractivity contribution in [1.82, 2.24) is 19.4 Å². The molecule has 1 saturated heterocycles. The molecule has 6 heteroatoms. The zero-order valence-corrected chi connectivity index (χ0v) is 12.6. The molecule has 1 saturated carbocycles. The van der Waals surface area contributed by atoms with E-state index in [1.54, 1.807) is 10.9 Å². The summed E-state index contributed by atoms with van der Waals surface area (Å²) in [5.74, 6) is -0.803. The lowest BCUT2D eigenvalue weighted by Gasteiger charge is -2.39. The van der Waals surface area contributed by atoms with Crippen molar-refractivity contribution in [3.05, 3.63) is 18.2 Å². The highest BCUT2D eigenvalue weighted by Gasteiger charge is 2.33. The number of carboxylic acids is 1. The lowest BCUT2D eigenvalue weighted by atomic mass is 10.1. The van der Waals surface area contributed by atoms with Gasteiger partial charge in [0.15, 0.2) is 6.04 Å². The van der Waals surface area contributed by atoms with Crippen LogP contribution in [0.1, 0.15) is 37.4 Å². The Hall–Kier alpha value is -1.40. The molecule has 1 aliphatic carbocycles. The molecule has 116 valence electrons. The number of nitrogens with zero attached hydrogens (tertiary/aromatic N) is 4. The number of rotatable bonds is 4. The van der Waals surface area contributed by atoms with Crippen LogP contribution in [0.15, 0.2) is 12.5 Å². The highest BCUT2D eigenvalue weighted by atomic mass is 16.4. The van der Waals surface area contributed by atoms with Crippen LogP contribution in [0.3, 0.4) is 0 Å². The second-order valence-electron chi connectivity index (χ2n) is 6.21. The number of aryl methyl sites for hydroxylation is 1. The van der Waals surface area contributed by atoms with Gasteiger partial charge in [0.05, 0.1) is 12.0 Å². The first-order valence-corrected chi connectivity index (χ1v) is 7.84. The normalized spacial score (nSPS) is 23.5. The van der Waals surface area contributed by atoms with Crippen LogP contribution in [0.2, 0.25) is 0 Å². The van der Waals surface area contributed by atoms with Crippen LogP contribution in [0, 0.1) is 0 Å². The van der Waals surface area contributed by atoms with Crippen LogP contribution in [0.4, 0.5) is 0 Å². The van der Waals surface area contributed by atoms with E-state index < -0.39 is 12.0 Å². The zero-order valence-electron chi connectivity index (χ0n) is 12.6. The van der Waals surface area contributed by atoms with Crippen LogP contribution >= 0.6 is 0 Å². The molecule has 1 atom stereocenters. The third kappa shape index (κ3) is 3.11. The van der Waals surface area contributed by atoms with Gasteiger partial charge < -0.3 is 9.67 Å². The highest BCUT2D eigenvalue weighted by molar-refractivity contribution is 5.74. The molecule has 2 fully saturated rings. The number of piperazine rings is 1. The summed E-state index contributed by atoms with van der Waals surface area (Å²) in [7, 11) is 1.87. The summed E-state index contributed by atoms with van der Waals surface area (Å²) in [4.78, 5) is 20.5. The molecule has 1 N–H and O–H groups in total. The molecule has 21 heavy (non-hydrogen) atoms. The summed E-state index contributed by atoms with van der Waals surface area (Å²) < 4.78 is 1.81. The summed E-state index contributed by atoms with van der Waals surface area (Å²) in [6.45, 7) is 3.57. The van der Waals surface area contributed by atoms with Crippen molar-refractivity contribution in [2.24, 2.45) is 7.05 Å². The number of hydrogen-bond donors (Lipinski definition) is 1. The van der Waals surface area contributed by atoms with E-state index in [2.05, 4.69) is 14.8 Å². The molecular weight excluding hydrogens is 268 g/mol. The van der Waals surface area contributed by atoms with Gasteiger partial charge in [0.25, 0.3) is 0 Å². The Balaban J connectivity index is 1.64. The van der Waals surface area contributed by atoms with Crippen molar-refractivity contribution in [2.45, 2.75) is 37.8 Å². The van der Waals surface area contributed by atoms with E-state index in [1.807, 2.05) is 13.2 Å². The van der Waals surface area contributed by atoms with Crippen LogP contribution < -0.4 is 0 Å². The number of carbonyl (C=O) groups is 1. The van der Waals surface area contributed by atoms with Crippen molar-refractivity contribution in [3.63, 3.8) is 0 Å². The summed E-state index contributed by atoms with van der Waals surface area (Å²) in [5, 5.41) is 9.56. The maximum Gasteiger partial charge on any atom is 0.327 e. The number of hydrogen-bond acceptors (Lipinski definition) is 4. The molecule has 2 aliphatic rings. The number of carboxylic acid groups (broad SMARTS) is 1. The summed E-state index contributed by atoms with van der Waals surface area (Å²) in [5.41, 5.74) is 0.638. The van der Waals surface area contributed by atoms with Gasteiger partial charge in [-0.15, -0.1) is 0 Å². The zero-order chi connectivity index (χ0) is 14.8. The van der Waals surface area contributed by atoms with Crippen molar-refractivity contribution in [3.8, 4) is 0 Å². The SMILES string of the molecule is Cn1cnc(C(C(=O)O)N2CCN(C3CCCC3)CC2)c1. The Kier molecular flexibility index (Phi) is 4.26. The molecule has 0 spiro atoms. The second-order valence-corrected chi connectivity index (χ2v) is 6.21. The maximum atomic E-state index is 11.6. The first kappa shape index (κ1) is 14.5. The monoisotopic (exact) mass is 292 g/mol. The molecule has 3 rings (SSSR count). The predicted molar refractivity (Wildman–Crippen MR) is 79.0 cm³/mol. The largest absolute Gasteiger partial charge is 0.480 e. The van der Waals surface area contributed by atoms with E-state index >= 15 is 0 Å². The van der Waals surface area contributed by atoms with Gasteiger partial charge in [-0.05, 0) is 12.8 Å². The number of aliphatic carboxylic acids is 1. The predicted octanol–water partition coefficient (Wildman–Crippen LogP) is 1.11. The smallest absolute Gasteiger partial charge is 0.327 e. The summed E-state index contributed by atoms with van der Waals surface area (Å²) in [6.07, 6.45) is 8.78. The van der Waals surface area contributed by atoms with Gasteiger partial charge in [-0.25, -0.2) is 4.98 Å². The Morgan fingerprint density at radius 1 is 1.29 bits per heavy atom. The van der Waals surface area contributed by atoms with E-state index in [0.717, 1.165) is 32.2 Å². The van der Waals surface area contributed by atoms with Gasteiger partial charge in [0, 0.05) is 45.5 Å². The fraction of sp³-hybridized carbons (Fsp3) is 0.733. The van der Waals surface area contributed by atoms with Crippen molar-refractivity contribution in [1.29, 1.82) is 0 Å². The van der Waals surface area contributed by atoms with Gasteiger partial charge in [-0.1, -0.05) is 12.8 Å². The molecule has 1 aromatic heterocycles. The fourth-order valence-corrected chi connectivity index (χ4v) is 3.67. The first-order chi connectivity index (χ1) is 10.1. The van der Waals surface area contributed by atoms with Crippen LogP contribution in [-0.2, 0) is 11.8 Å². The standard InChI is InChI=1S/C15H24N4O2/c1-17-10-13(16-11-17)14(15(20)21)19-8-6-18(7-9-19)12-4-2-3-5-12/h10-12,14H,2-9H2,1H3,(H,20,21). The molecule has 1 unspecified atom stereocenters. The third-order valence-corrected chi connectivity index (χ3v) is 4.79. The van der Waals surface area contributed by atoms with E-state index in [9.17, 15) is 9.90 Å². The second kappa shape index (κ2) is 6.15. The van der Waals surface area contributed by atoms with Gasteiger partial charge in [0.1, 0.15) is 0 Å². The molecular formula is C15H24N4O2. The minimum atomic E-state index is -0.803. The minimum Gasteiger partial charge on any atom is -0.480 e. The average Bonchev–Trinajstić information content (AvgIpc) is 3.11. The van der Waals surface area contributed by atoms with Gasteiger partial charge in [0.2, 0.25) is 0 Å². The molecule has 1 aromatic rings. The Bertz CT molecular complexity index is 488. The van der Waals surface area contributed by atoms with E-state index in [-0.39, 0.29) is 0 Å². The fourth-order valence-electron chi connectivity index (χ4n) is 3.67. The molecule has 0 radical (unpaired) electrons. The molecule has 2 heterocycles. The number of imidazole rings is 1. The average molecular weight is 292 g/mol. The maximum absolute atomic E-state index is 11.6. The lowest BCUT2D eigenvalue weighted by Crippen LogP contribution is -2.51. The van der Waals surface area contributed by atoms with Crippen LogP contribution in [0.25, 0.3) is 0 Å². The van der Waals surface area contributed by atoms with Crippen molar-refractivity contribution in [2.75, 3.05) is 26.2 Å². The topological polar surface area (TPSA) is 61.6 Å². The number of aromatic nitrogens is 2. The van der Waals surface area contributed by atoms with Crippen molar-refractivity contribution < 1.29 is 9.90 Å². The van der Waals surface area contributed by atoms with Gasteiger partial charge in [-0.3, -0.25) is 14.6 Å². The molecule has 0 aromatic carbocycles. The molecule has 0 amide bonds. The summed E-state index contributed by atoms with van der Waals surface area (Å²) in [6, 6.07) is 0.113. The quantitative estimate of drug-likeness (QED) is 0.900. The van der Waals surface area contributed by atoms with Crippen molar-refractivity contribution >= 4 is 5.97 Å².